The number of sulfonamides is 1. The average molecular weight is 437 g/mol. The number of anilines is 1. The van der Waals surface area contributed by atoms with E-state index < -0.39 is 10.0 Å². The molecule has 1 atom stereocenters. The number of nitrogens with one attached hydrogen (secondary N) is 1. The molecule has 3 aromatic rings. The van der Waals surface area contributed by atoms with Crippen LogP contribution in [0.4, 0.5) is 5.69 Å². The lowest BCUT2D eigenvalue weighted by molar-refractivity contribution is -0.120. The van der Waals surface area contributed by atoms with Crippen LogP contribution in [0.3, 0.4) is 0 Å². The van der Waals surface area contributed by atoms with E-state index in [0.717, 1.165) is 17.5 Å². The van der Waals surface area contributed by atoms with E-state index in [2.05, 4.69) is 5.32 Å². The summed E-state index contributed by atoms with van der Waals surface area (Å²) >= 11 is 0. The molecular weight excluding hydrogens is 408 g/mol. The molecule has 0 aliphatic rings. The Balaban J connectivity index is 1.90. The molecule has 0 bridgehead atoms. The average Bonchev–Trinajstić information content (AvgIpc) is 2.82. The number of nitrogens with zero attached hydrogens (tertiary/aromatic N) is 1. The van der Waals surface area contributed by atoms with Crippen molar-refractivity contribution < 1.29 is 13.2 Å². The van der Waals surface area contributed by atoms with Gasteiger partial charge in [0.15, 0.2) is 0 Å². The predicted molar refractivity (Wildman–Crippen MR) is 124 cm³/mol. The minimum Gasteiger partial charge on any atom is -0.348 e. The summed E-state index contributed by atoms with van der Waals surface area (Å²) in [4.78, 5) is 13.1. The number of benzene rings is 3. The first-order valence-corrected chi connectivity index (χ1v) is 11.9. The Morgan fingerprint density at radius 2 is 1.45 bits per heavy atom. The number of rotatable bonds is 9. The minimum atomic E-state index is -3.90. The molecule has 3 rings (SSSR count). The topological polar surface area (TPSA) is 66.5 Å². The van der Waals surface area contributed by atoms with Gasteiger partial charge in [-0.2, -0.15) is 0 Å². The van der Waals surface area contributed by atoms with Crippen molar-refractivity contribution >= 4 is 21.6 Å². The smallest absolute Gasteiger partial charge is 0.264 e. The highest BCUT2D eigenvalue weighted by Gasteiger charge is 2.27. The summed E-state index contributed by atoms with van der Waals surface area (Å²) in [5, 5.41) is 2.98. The van der Waals surface area contributed by atoms with Crippen LogP contribution in [0.15, 0.2) is 89.8 Å². The maximum Gasteiger partial charge on any atom is 0.264 e. The normalized spacial score (nSPS) is 12.2. The van der Waals surface area contributed by atoms with Crippen LogP contribution >= 0.6 is 0 Å². The lowest BCUT2D eigenvalue weighted by Crippen LogP contribution is -2.42. The monoisotopic (exact) mass is 436 g/mol. The number of amides is 1. The van der Waals surface area contributed by atoms with E-state index in [1.807, 2.05) is 56.3 Å². The minimum absolute atomic E-state index is 0.150. The van der Waals surface area contributed by atoms with Crippen molar-refractivity contribution in [2.24, 2.45) is 0 Å². The van der Waals surface area contributed by atoms with E-state index in [9.17, 15) is 13.2 Å². The highest BCUT2D eigenvalue weighted by molar-refractivity contribution is 7.92. The van der Waals surface area contributed by atoms with Crippen molar-refractivity contribution in [1.82, 2.24) is 5.32 Å². The molecule has 0 heterocycles. The van der Waals surface area contributed by atoms with Crippen LogP contribution in [0.1, 0.15) is 37.4 Å². The van der Waals surface area contributed by atoms with Gasteiger partial charge < -0.3 is 5.32 Å². The molecule has 0 saturated heterocycles. The fourth-order valence-electron chi connectivity index (χ4n) is 3.41. The van der Waals surface area contributed by atoms with E-state index in [1.54, 1.807) is 42.5 Å². The lowest BCUT2D eigenvalue weighted by Gasteiger charge is -2.26. The molecule has 0 aliphatic carbocycles. The number of hydrogen-bond acceptors (Lipinski definition) is 3. The summed E-state index contributed by atoms with van der Waals surface area (Å²) in [6, 6.07) is 25.0. The number of aryl methyl sites for hydroxylation is 1. The van der Waals surface area contributed by atoms with Gasteiger partial charge in [-0.3, -0.25) is 9.10 Å². The van der Waals surface area contributed by atoms with E-state index in [-0.39, 0.29) is 23.4 Å². The molecule has 0 spiro atoms. The highest BCUT2D eigenvalue weighted by atomic mass is 32.2. The van der Waals surface area contributed by atoms with Crippen LogP contribution in [0.25, 0.3) is 0 Å². The maximum atomic E-state index is 13.4. The molecule has 0 unspecified atom stereocenters. The van der Waals surface area contributed by atoms with Gasteiger partial charge >= 0.3 is 0 Å². The third-order valence-electron chi connectivity index (χ3n) is 5.20. The van der Waals surface area contributed by atoms with Gasteiger partial charge in [-0.15, -0.1) is 0 Å². The lowest BCUT2D eigenvalue weighted by atomic mass is 10.0. The van der Waals surface area contributed by atoms with E-state index in [0.29, 0.717) is 12.1 Å². The fourth-order valence-corrected chi connectivity index (χ4v) is 4.85. The summed E-state index contributed by atoms with van der Waals surface area (Å²) in [6.45, 7) is 3.72. The zero-order valence-electron chi connectivity index (χ0n) is 17.9. The van der Waals surface area contributed by atoms with Crippen molar-refractivity contribution in [2.75, 3.05) is 10.8 Å². The van der Waals surface area contributed by atoms with Crippen molar-refractivity contribution in [2.45, 2.75) is 37.6 Å². The molecule has 0 fully saturated rings. The summed E-state index contributed by atoms with van der Waals surface area (Å²) in [7, 11) is -3.90. The molecule has 0 saturated carbocycles. The summed E-state index contributed by atoms with van der Waals surface area (Å²) in [6.07, 6.45) is 1.55. The standard InChI is InChI=1S/C25H28N2O3S/c1-3-20-15-17-22(18-16-20)27(31(29,30)23-13-9-6-10-14-23)19-25(28)26-24(4-2)21-11-7-5-8-12-21/h5-18,24H,3-4,19H2,1-2H3,(H,26,28)/t24-/m0/s1. The van der Waals surface area contributed by atoms with Gasteiger partial charge in [0.1, 0.15) is 6.54 Å². The van der Waals surface area contributed by atoms with Crippen molar-refractivity contribution in [1.29, 1.82) is 0 Å². The summed E-state index contributed by atoms with van der Waals surface area (Å²) in [5.74, 6) is -0.352. The molecule has 6 heteroatoms. The maximum absolute atomic E-state index is 13.4. The van der Waals surface area contributed by atoms with Gasteiger partial charge in [-0.1, -0.05) is 74.5 Å². The third kappa shape index (κ3) is 5.52. The third-order valence-corrected chi connectivity index (χ3v) is 6.98. The summed E-state index contributed by atoms with van der Waals surface area (Å²) in [5.41, 5.74) is 2.55. The molecule has 31 heavy (non-hydrogen) atoms. The Bertz CT molecular complexity index is 1080. The highest BCUT2D eigenvalue weighted by Crippen LogP contribution is 2.24. The Labute approximate surface area is 184 Å². The Kier molecular flexibility index (Phi) is 7.47. The molecule has 1 N–H and O–H groups in total. The zero-order valence-corrected chi connectivity index (χ0v) is 18.7. The first-order chi connectivity index (χ1) is 15.0. The second-order valence-electron chi connectivity index (χ2n) is 7.28. The molecule has 1 amide bonds. The first kappa shape index (κ1) is 22.6. The first-order valence-electron chi connectivity index (χ1n) is 10.5. The second-order valence-corrected chi connectivity index (χ2v) is 9.15. The van der Waals surface area contributed by atoms with Crippen LogP contribution in [-0.2, 0) is 21.2 Å². The molecule has 0 radical (unpaired) electrons. The number of carbonyl (C=O) groups is 1. The molecule has 5 nitrogen and oxygen atoms in total. The molecular formula is C25H28N2O3S. The van der Waals surface area contributed by atoms with Crippen molar-refractivity contribution in [3.8, 4) is 0 Å². The molecule has 0 aliphatic heterocycles. The number of carbonyl (C=O) groups excluding carboxylic acids is 1. The second kappa shape index (κ2) is 10.3. The van der Waals surface area contributed by atoms with Gasteiger partial charge in [0, 0.05) is 0 Å². The Hall–Kier alpha value is -3.12. The van der Waals surface area contributed by atoms with Crippen LogP contribution in [-0.4, -0.2) is 20.9 Å². The molecule has 162 valence electrons. The van der Waals surface area contributed by atoms with Crippen LogP contribution in [0, 0.1) is 0 Å². The number of hydrogen-bond donors (Lipinski definition) is 1. The van der Waals surface area contributed by atoms with Crippen molar-refractivity contribution in [3.05, 3.63) is 96.1 Å². The zero-order chi connectivity index (χ0) is 22.3. The van der Waals surface area contributed by atoms with Crippen LogP contribution in [0.5, 0.6) is 0 Å². The predicted octanol–water partition coefficient (Wildman–Crippen LogP) is 4.71. The fraction of sp³-hybridized carbons (Fsp3) is 0.240. The van der Waals surface area contributed by atoms with E-state index in [1.165, 1.54) is 4.31 Å². The van der Waals surface area contributed by atoms with E-state index in [4.69, 9.17) is 0 Å². The van der Waals surface area contributed by atoms with E-state index >= 15 is 0 Å². The molecule has 3 aromatic carbocycles. The summed E-state index contributed by atoms with van der Waals surface area (Å²) < 4.78 is 28.0. The van der Waals surface area contributed by atoms with Crippen LogP contribution < -0.4 is 9.62 Å². The van der Waals surface area contributed by atoms with Crippen molar-refractivity contribution in [3.63, 3.8) is 0 Å². The SMILES string of the molecule is CCc1ccc(N(CC(=O)N[C@@H](CC)c2ccccc2)S(=O)(=O)c2ccccc2)cc1. The van der Waals surface area contributed by atoms with Gasteiger partial charge in [-0.05, 0) is 48.2 Å². The quantitative estimate of drug-likeness (QED) is 0.528. The largest absolute Gasteiger partial charge is 0.348 e. The molecule has 0 aromatic heterocycles. The Morgan fingerprint density at radius 3 is 2.00 bits per heavy atom. The van der Waals surface area contributed by atoms with Gasteiger partial charge in [-0.25, -0.2) is 8.42 Å². The Morgan fingerprint density at radius 1 is 0.871 bits per heavy atom. The van der Waals surface area contributed by atoms with Gasteiger partial charge in [0.05, 0.1) is 16.6 Å². The van der Waals surface area contributed by atoms with Gasteiger partial charge in [0.2, 0.25) is 5.91 Å². The van der Waals surface area contributed by atoms with Gasteiger partial charge in [0.25, 0.3) is 10.0 Å². The van der Waals surface area contributed by atoms with Crippen LogP contribution in [0.2, 0.25) is 0 Å².